The van der Waals surface area contributed by atoms with Gasteiger partial charge in [-0.25, -0.2) is 0 Å². The van der Waals surface area contributed by atoms with E-state index in [1.165, 1.54) is 7.11 Å². The van der Waals surface area contributed by atoms with Crippen LogP contribution in [0, 0.1) is 22.7 Å². The van der Waals surface area contributed by atoms with Crippen LogP contribution in [0.2, 0.25) is 0 Å². The SMILES string of the molecule is COC(=O)CCCN1Cc2c(cc(O)c3c2O[C@]2(C3)[C@H](C)CC[C@H]3C(C)(C)[C@H](O)[C@H](O)C[C@@]32C)C1=O. The largest absolute Gasteiger partial charge is 0.508 e. The van der Waals surface area contributed by atoms with Gasteiger partial charge in [0.05, 0.1) is 31.4 Å². The highest BCUT2D eigenvalue weighted by molar-refractivity contribution is 6.00. The summed E-state index contributed by atoms with van der Waals surface area (Å²) < 4.78 is 11.7. The van der Waals surface area contributed by atoms with Crippen LogP contribution in [0.15, 0.2) is 6.07 Å². The van der Waals surface area contributed by atoms with Crippen molar-refractivity contribution in [3.05, 3.63) is 22.8 Å². The van der Waals surface area contributed by atoms with Crippen molar-refractivity contribution in [3.8, 4) is 11.5 Å². The van der Waals surface area contributed by atoms with Gasteiger partial charge in [0, 0.05) is 35.9 Å². The minimum atomic E-state index is -0.859. The number of methoxy groups -OCH3 is 1. The molecular weight excluding hydrogens is 462 g/mol. The van der Waals surface area contributed by atoms with Crippen molar-refractivity contribution in [1.82, 2.24) is 4.90 Å². The van der Waals surface area contributed by atoms with Gasteiger partial charge in [-0.15, -0.1) is 0 Å². The van der Waals surface area contributed by atoms with Gasteiger partial charge in [0.25, 0.3) is 5.91 Å². The lowest BCUT2D eigenvalue weighted by atomic mass is 9.43. The van der Waals surface area contributed by atoms with Gasteiger partial charge in [-0.05, 0) is 49.0 Å². The average molecular weight is 502 g/mol. The number of hydrogen-bond donors (Lipinski definition) is 3. The smallest absolute Gasteiger partial charge is 0.305 e. The van der Waals surface area contributed by atoms with Crippen molar-refractivity contribution in [3.63, 3.8) is 0 Å². The third-order valence-electron chi connectivity index (χ3n) is 10.2. The summed E-state index contributed by atoms with van der Waals surface area (Å²) in [5, 5.41) is 32.9. The number of rotatable bonds is 4. The molecule has 2 aliphatic heterocycles. The van der Waals surface area contributed by atoms with Crippen LogP contribution >= 0.6 is 0 Å². The molecule has 36 heavy (non-hydrogen) atoms. The van der Waals surface area contributed by atoms with Crippen LogP contribution in [-0.4, -0.2) is 63.6 Å². The summed E-state index contributed by atoms with van der Waals surface area (Å²) in [5.74, 6) is 0.476. The Labute approximate surface area is 212 Å². The highest BCUT2D eigenvalue weighted by atomic mass is 16.5. The van der Waals surface area contributed by atoms with Crippen molar-refractivity contribution in [2.45, 2.75) is 90.6 Å². The minimum Gasteiger partial charge on any atom is -0.508 e. The molecule has 2 saturated carbocycles. The number of aliphatic hydroxyl groups is 2. The Hall–Kier alpha value is -2.32. The number of esters is 1. The number of aliphatic hydroxyl groups excluding tert-OH is 2. The van der Waals surface area contributed by atoms with Crippen molar-refractivity contribution < 1.29 is 34.4 Å². The Kier molecular flexibility index (Phi) is 5.87. The van der Waals surface area contributed by atoms with Crippen LogP contribution < -0.4 is 4.74 Å². The van der Waals surface area contributed by atoms with Crippen LogP contribution in [0.4, 0.5) is 0 Å². The molecule has 1 aromatic rings. The van der Waals surface area contributed by atoms with E-state index in [9.17, 15) is 24.9 Å². The molecule has 1 amide bonds. The van der Waals surface area contributed by atoms with E-state index in [0.29, 0.717) is 43.7 Å². The van der Waals surface area contributed by atoms with Crippen LogP contribution in [0.5, 0.6) is 11.5 Å². The molecule has 0 saturated heterocycles. The van der Waals surface area contributed by atoms with E-state index in [-0.39, 0.29) is 35.9 Å². The van der Waals surface area contributed by atoms with Gasteiger partial charge in [-0.3, -0.25) is 9.59 Å². The lowest BCUT2D eigenvalue weighted by Crippen LogP contribution is -2.69. The fraction of sp³-hybridized carbons (Fsp3) is 0.714. The van der Waals surface area contributed by atoms with Crippen LogP contribution in [0.25, 0.3) is 0 Å². The van der Waals surface area contributed by atoms with Gasteiger partial charge in [-0.2, -0.15) is 0 Å². The van der Waals surface area contributed by atoms with Crippen molar-refractivity contribution in [2.24, 2.45) is 22.7 Å². The second-order valence-corrected chi connectivity index (χ2v) is 12.3. The molecule has 198 valence electrons. The van der Waals surface area contributed by atoms with Crippen molar-refractivity contribution in [1.29, 1.82) is 0 Å². The van der Waals surface area contributed by atoms with E-state index in [1.54, 1.807) is 11.0 Å². The zero-order valence-corrected chi connectivity index (χ0v) is 22.0. The molecule has 0 bridgehead atoms. The molecule has 8 nitrogen and oxygen atoms in total. The van der Waals surface area contributed by atoms with E-state index >= 15 is 0 Å². The van der Waals surface area contributed by atoms with Crippen LogP contribution in [0.3, 0.4) is 0 Å². The maximum Gasteiger partial charge on any atom is 0.305 e. The Morgan fingerprint density at radius 3 is 2.64 bits per heavy atom. The Balaban J connectivity index is 1.50. The number of aromatic hydroxyl groups is 1. The monoisotopic (exact) mass is 501 g/mol. The van der Waals surface area contributed by atoms with Gasteiger partial charge in [-0.1, -0.05) is 27.7 Å². The van der Waals surface area contributed by atoms with Crippen molar-refractivity contribution >= 4 is 11.9 Å². The van der Waals surface area contributed by atoms with E-state index in [1.807, 2.05) is 13.8 Å². The summed E-state index contributed by atoms with van der Waals surface area (Å²) in [5.41, 5.74) is 0.375. The summed E-state index contributed by atoms with van der Waals surface area (Å²) in [4.78, 5) is 26.4. The van der Waals surface area contributed by atoms with E-state index in [4.69, 9.17) is 9.47 Å². The lowest BCUT2D eigenvalue weighted by molar-refractivity contribution is -0.240. The van der Waals surface area contributed by atoms with E-state index < -0.39 is 28.6 Å². The molecule has 2 heterocycles. The molecule has 1 aromatic carbocycles. The summed E-state index contributed by atoms with van der Waals surface area (Å²) in [7, 11) is 1.35. The maximum absolute atomic E-state index is 13.2. The normalized spacial score (nSPS) is 36.3. The van der Waals surface area contributed by atoms with Crippen LogP contribution in [0.1, 0.15) is 81.3 Å². The first kappa shape index (κ1) is 25.3. The average Bonchev–Trinajstić information content (AvgIpc) is 3.37. The van der Waals surface area contributed by atoms with Crippen molar-refractivity contribution in [2.75, 3.05) is 13.7 Å². The highest BCUT2D eigenvalue weighted by Crippen LogP contribution is 2.67. The Morgan fingerprint density at radius 2 is 1.94 bits per heavy atom. The first-order chi connectivity index (χ1) is 16.9. The first-order valence-electron chi connectivity index (χ1n) is 13.2. The van der Waals surface area contributed by atoms with Crippen LogP contribution in [-0.2, 0) is 22.5 Å². The number of phenols is 1. The number of hydrogen-bond acceptors (Lipinski definition) is 7. The Morgan fingerprint density at radius 1 is 1.22 bits per heavy atom. The summed E-state index contributed by atoms with van der Waals surface area (Å²) in [6.07, 6.45) is 1.85. The third-order valence-corrected chi connectivity index (χ3v) is 10.2. The number of amides is 1. The lowest BCUT2D eigenvalue weighted by Gasteiger charge is -2.64. The molecule has 8 heteroatoms. The summed E-state index contributed by atoms with van der Waals surface area (Å²) in [6, 6.07) is 1.57. The molecule has 0 unspecified atom stereocenters. The molecule has 2 aliphatic carbocycles. The summed E-state index contributed by atoms with van der Waals surface area (Å²) >= 11 is 0. The number of ether oxygens (including phenoxy) is 2. The predicted octanol–water partition coefficient (Wildman–Crippen LogP) is 3.18. The maximum atomic E-state index is 13.2. The number of carbonyl (C=O) groups excluding carboxylic acids is 2. The Bertz CT molecular complexity index is 1100. The number of fused-ring (bicyclic) bond motifs is 5. The van der Waals surface area contributed by atoms with Gasteiger partial charge in [0.2, 0.25) is 0 Å². The number of benzene rings is 1. The quantitative estimate of drug-likeness (QED) is 0.543. The second-order valence-electron chi connectivity index (χ2n) is 12.3. The molecule has 6 atom stereocenters. The predicted molar refractivity (Wildman–Crippen MR) is 132 cm³/mol. The van der Waals surface area contributed by atoms with E-state index in [2.05, 4.69) is 13.8 Å². The fourth-order valence-corrected chi connectivity index (χ4v) is 8.16. The molecule has 1 spiro atoms. The second kappa shape index (κ2) is 8.35. The number of phenolic OH excluding ortho intramolecular Hbond substituents is 1. The third kappa shape index (κ3) is 3.33. The van der Waals surface area contributed by atoms with Gasteiger partial charge >= 0.3 is 5.97 Å². The standard InChI is InChI=1S/C28H39NO7/c1-15-8-9-21-26(2,3)24(33)20(31)13-27(21,4)28(15)12-17-19(30)11-16-18(23(17)36-28)14-29(25(16)34)10-6-7-22(32)35-5/h11,15,20-21,24,30-31,33H,6-10,12-14H2,1-5H3/t15-,20-,21+,24-,27+,28-/m1/s1. The first-order valence-corrected chi connectivity index (χ1v) is 13.2. The zero-order valence-electron chi connectivity index (χ0n) is 22.0. The zero-order chi connectivity index (χ0) is 26.2. The summed E-state index contributed by atoms with van der Waals surface area (Å²) in [6.45, 7) is 9.22. The molecule has 0 aromatic heterocycles. The van der Waals surface area contributed by atoms with E-state index in [0.717, 1.165) is 24.0 Å². The molecule has 4 aliphatic rings. The molecular formula is C28H39NO7. The minimum absolute atomic E-state index is 0.0685. The fourth-order valence-electron chi connectivity index (χ4n) is 8.16. The van der Waals surface area contributed by atoms with Gasteiger partial charge in [0.15, 0.2) is 0 Å². The van der Waals surface area contributed by atoms with Gasteiger partial charge < -0.3 is 29.7 Å². The number of nitrogens with zero attached hydrogens (tertiary/aromatic N) is 1. The molecule has 5 rings (SSSR count). The highest BCUT2D eigenvalue weighted by Gasteiger charge is 2.68. The molecule has 3 N–H and O–H groups in total. The topological polar surface area (TPSA) is 117 Å². The molecule has 0 radical (unpaired) electrons. The number of carbonyl (C=O) groups is 2. The molecule has 2 fully saturated rings. The van der Waals surface area contributed by atoms with Gasteiger partial charge in [0.1, 0.15) is 17.1 Å².